The second-order valence-electron chi connectivity index (χ2n) is 6.90. The van der Waals surface area contributed by atoms with Crippen molar-refractivity contribution < 1.29 is 17.8 Å². The van der Waals surface area contributed by atoms with Gasteiger partial charge >= 0.3 is 0 Å². The van der Waals surface area contributed by atoms with Gasteiger partial charge in [-0.05, 0) is 70.5 Å². The summed E-state index contributed by atoms with van der Waals surface area (Å²) in [4.78, 5) is 0. The quantitative estimate of drug-likeness (QED) is 0.220. The number of hydrogen-bond donors (Lipinski definition) is 0. The first kappa shape index (κ1) is 9.38. The van der Waals surface area contributed by atoms with Crippen molar-refractivity contribution in [2.45, 2.75) is 0 Å². The average Bonchev–Trinajstić information content (AvgIpc) is 3.02. The van der Waals surface area contributed by atoms with Gasteiger partial charge in [-0.3, -0.25) is 0 Å². The van der Waals surface area contributed by atoms with E-state index in [0.717, 1.165) is 0 Å². The van der Waals surface area contributed by atoms with Gasteiger partial charge in [0, 0.05) is 4.47 Å². The van der Waals surface area contributed by atoms with Gasteiger partial charge in [0.25, 0.3) is 0 Å². The van der Waals surface area contributed by atoms with Crippen LogP contribution in [0.4, 0.5) is 0 Å². The molecule has 0 bridgehead atoms. The minimum Gasteiger partial charge on any atom is -0.0622 e. The number of halogens is 1. The molecule has 1 heteroatoms. The highest BCUT2D eigenvalue weighted by molar-refractivity contribution is 9.10. The van der Waals surface area contributed by atoms with Crippen molar-refractivity contribution in [1.82, 2.24) is 0 Å². The lowest BCUT2D eigenvalue weighted by atomic mass is 9.85. The topological polar surface area (TPSA) is 0 Å². The van der Waals surface area contributed by atoms with E-state index in [0.29, 0.717) is 10.8 Å². The Morgan fingerprint density at radius 3 is 1.77 bits per heavy atom. The van der Waals surface area contributed by atoms with E-state index in [2.05, 4.69) is 15.9 Å². The minimum absolute atomic E-state index is 0.0239. The summed E-state index contributed by atoms with van der Waals surface area (Å²) in [6.45, 7) is 0. The third kappa shape index (κ3) is 2.89. The molecular weight excluding hydrogens is 440 g/mol. The van der Waals surface area contributed by atoms with E-state index in [4.69, 9.17) is 17.8 Å². The van der Waals surface area contributed by atoms with Crippen LogP contribution in [-0.4, -0.2) is 0 Å². The van der Waals surface area contributed by atoms with Gasteiger partial charge in [-0.25, -0.2) is 0 Å². The van der Waals surface area contributed by atoms with Gasteiger partial charge < -0.3 is 0 Å². The van der Waals surface area contributed by atoms with Crippen LogP contribution < -0.4 is 0 Å². The molecule has 0 aliphatic rings. The van der Waals surface area contributed by atoms with Crippen LogP contribution in [0.5, 0.6) is 0 Å². The third-order valence-electron chi connectivity index (χ3n) is 5.26. The zero-order chi connectivity index (χ0) is 32.1. The van der Waals surface area contributed by atoms with Crippen LogP contribution in [0.15, 0.2) is 119 Å². The SMILES string of the molecule is [2H]c1c([2H])c([2H])c(-c2ccc3ccccc3c2-c2c3c([2H])c([2H])c([2H])c([2H])c3c(Br)c3c([2H])c([2H])c([2H])c([2H])c23)c([2H])c1[2H]. The standard InChI is InChI=1S/C30H19Br/c31-30-26-16-8-6-14-24(26)29(25-15-7-9-17-27(25)30)28-22-13-5-4-12-21(22)18-19-23(28)20-10-2-1-3-11-20/h1-19H/i1D,2D,3D,6D,7D,8D,9D,10D,11D,14D,15D,16D,17D. The smallest absolute Gasteiger partial charge is 0.0622 e. The Morgan fingerprint density at radius 1 is 0.516 bits per heavy atom. The first-order chi connectivity index (χ1) is 20.7. The van der Waals surface area contributed by atoms with Crippen molar-refractivity contribution in [3.63, 3.8) is 0 Å². The van der Waals surface area contributed by atoms with E-state index in [1.165, 1.54) is 0 Å². The van der Waals surface area contributed by atoms with Gasteiger partial charge in [0.05, 0.1) is 17.8 Å². The predicted octanol–water partition coefficient (Wildman–Crippen LogP) is 9.24. The Labute approximate surface area is 208 Å². The molecule has 0 aliphatic heterocycles. The largest absolute Gasteiger partial charge is 0.0630 e. The van der Waals surface area contributed by atoms with Gasteiger partial charge in [0.2, 0.25) is 0 Å². The lowest BCUT2D eigenvalue weighted by molar-refractivity contribution is 1.63. The molecule has 0 atom stereocenters. The predicted molar refractivity (Wildman–Crippen MR) is 138 cm³/mol. The molecule has 31 heavy (non-hydrogen) atoms. The molecule has 0 fully saturated rings. The second kappa shape index (κ2) is 7.37. The summed E-state index contributed by atoms with van der Waals surface area (Å²) in [5.74, 6) is 0. The minimum atomic E-state index is -0.589. The Balaban J connectivity index is 2.05. The zero-order valence-electron chi connectivity index (χ0n) is 28.8. The molecule has 0 radical (unpaired) electrons. The van der Waals surface area contributed by atoms with E-state index >= 15 is 0 Å². The summed E-state index contributed by atoms with van der Waals surface area (Å²) in [6.07, 6.45) is 0. The fourth-order valence-electron chi connectivity index (χ4n) is 3.96. The first-order valence-corrected chi connectivity index (χ1v) is 10.2. The summed E-state index contributed by atoms with van der Waals surface area (Å²) in [7, 11) is 0. The molecule has 6 rings (SSSR count). The average molecular weight is 472 g/mol. The molecule has 0 saturated heterocycles. The maximum absolute atomic E-state index is 9.01. The number of hydrogen-bond acceptors (Lipinski definition) is 0. The summed E-state index contributed by atoms with van der Waals surface area (Å²) in [5.41, 5.74) is 0.183. The van der Waals surface area contributed by atoms with Gasteiger partial charge in [0.15, 0.2) is 0 Å². The molecular formula is C30H19Br. The van der Waals surface area contributed by atoms with Crippen LogP contribution >= 0.6 is 15.9 Å². The molecule has 0 nitrogen and oxygen atoms in total. The van der Waals surface area contributed by atoms with Crippen molar-refractivity contribution >= 4 is 48.2 Å². The van der Waals surface area contributed by atoms with E-state index in [1.54, 1.807) is 36.4 Å². The van der Waals surface area contributed by atoms with Gasteiger partial charge in [-0.1, -0.05) is 115 Å². The van der Waals surface area contributed by atoms with E-state index in [1.807, 2.05) is 0 Å². The zero-order valence-corrected chi connectivity index (χ0v) is 17.4. The summed E-state index contributed by atoms with van der Waals surface area (Å²) in [5, 5.41) is 0.966. The lowest BCUT2D eigenvalue weighted by Gasteiger charge is -2.19. The number of rotatable bonds is 2. The van der Waals surface area contributed by atoms with E-state index < -0.39 is 78.6 Å². The third-order valence-corrected chi connectivity index (χ3v) is 6.06. The summed E-state index contributed by atoms with van der Waals surface area (Å²) >= 11 is 3.41. The van der Waals surface area contributed by atoms with Crippen molar-refractivity contribution in [3.05, 3.63) is 119 Å². The summed E-state index contributed by atoms with van der Waals surface area (Å²) < 4.78 is 112. The van der Waals surface area contributed by atoms with Crippen molar-refractivity contribution in [2.24, 2.45) is 0 Å². The van der Waals surface area contributed by atoms with Crippen LogP contribution in [0.3, 0.4) is 0 Å². The van der Waals surface area contributed by atoms with Crippen LogP contribution in [0.25, 0.3) is 54.6 Å². The van der Waals surface area contributed by atoms with Gasteiger partial charge in [-0.15, -0.1) is 0 Å². The van der Waals surface area contributed by atoms with Crippen molar-refractivity contribution in [3.8, 4) is 22.3 Å². The maximum Gasteiger partial charge on any atom is 0.0630 e. The number of fused-ring (bicyclic) bond motifs is 3. The van der Waals surface area contributed by atoms with Crippen LogP contribution in [-0.2, 0) is 0 Å². The van der Waals surface area contributed by atoms with Crippen LogP contribution in [0.2, 0.25) is 0 Å². The Kier molecular flexibility index (Phi) is 2.23. The molecule has 0 heterocycles. The van der Waals surface area contributed by atoms with Crippen molar-refractivity contribution in [1.29, 1.82) is 0 Å². The van der Waals surface area contributed by atoms with Crippen molar-refractivity contribution in [2.75, 3.05) is 0 Å². The first-order valence-electron chi connectivity index (χ1n) is 15.9. The van der Waals surface area contributed by atoms with Gasteiger partial charge in [0.1, 0.15) is 0 Å². The van der Waals surface area contributed by atoms with Crippen LogP contribution in [0.1, 0.15) is 17.8 Å². The number of benzene rings is 6. The molecule has 0 saturated carbocycles. The second-order valence-corrected chi connectivity index (χ2v) is 7.69. The highest BCUT2D eigenvalue weighted by atomic mass is 79.9. The highest BCUT2D eigenvalue weighted by Gasteiger charge is 2.19. The highest BCUT2D eigenvalue weighted by Crippen LogP contribution is 2.47. The molecule has 0 unspecified atom stereocenters. The monoisotopic (exact) mass is 471 g/mol. The molecule has 0 aromatic heterocycles. The summed E-state index contributed by atoms with van der Waals surface area (Å²) in [6, 6.07) is 3.46. The normalized spacial score (nSPS) is 17.3. The maximum atomic E-state index is 9.01. The molecule has 0 aliphatic carbocycles. The van der Waals surface area contributed by atoms with E-state index in [-0.39, 0.29) is 48.3 Å². The molecule has 0 amide bonds. The fourth-order valence-corrected chi connectivity index (χ4v) is 4.56. The fraction of sp³-hybridized carbons (Fsp3) is 0. The Morgan fingerprint density at radius 2 is 1.10 bits per heavy atom. The van der Waals surface area contributed by atoms with Gasteiger partial charge in [-0.2, -0.15) is 0 Å². The lowest BCUT2D eigenvalue weighted by Crippen LogP contribution is -1.92. The molecule has 6 aromatic rings. The Bertz CT molecular complexity index is 2170. The molecule has 0 N–H and O–H groups in total. The Hall–Kier alpha value is -3.42. The van der Waals surface area contributed by atoms with E-state index in [9.17, 15) is 0 Å². The molecule has 6 aromatic carbocycles. The van der Waals surface area contributed by atoms with Crippen LogP contribution in [0, 0.1) is 0 Å². The molecule has 146 valence electrons. The molecule has 0 spiro atoms.